The van der Waals surface area contributed by atoms with Crippen molar-refractivity contribution in [1.82, 2.24) is 10.3 Å². The maximum Gasteiger partial charge on any atom is 0.274 e. The van der Waals surface area contributed by atoms with E-state index in [-0.39, 0.29) is 23.2 Å². The number of hydrogen-bond acceptors (Lipinski definition) is 4. The minimum absolute atomic E-state index is 0.137. The number of rotatable bonds is 7. The smallest absolute Gasteiger partial charge is 0.274 e. The molecule has 0 bridgehead atoms. The van der Waals surface area contributed by atoms with Gasteiger partial charge in [-0.15, -0.1) is 0 Å². The summed E-state index contributed by atoms with van der Waals surface area (Å²) in [7, 11) is 0. The van der Waals surface area contributed by atoms with Crippen LogP contribution in [0.4, 0.5) is 11.4 Å². The second kappa shape index (κ2) is 9.31. The average Bonchev–Trinajstić information content (AvgIpc) is 2.61. The average molecular weight is 354 g/mol. The zero-order valence-electron chi connectivity index (χ0n) is 14.8. The van der Waals surface area contributed by atoms with Crippen molar-refractivity contribution in [3.8, 4) is 0 Å². The molecule has 26 heavy (non-hydrogen) atoms. The lowest BCUT2D eigenvalue weighted by molar-refractivity contribution is -0.114. The predicted molar refractivity (Wildman–Crippen MR) is 100 cm³/mol. The molecule has 0 aliphatic carbocycles. The number of nitrogens with zero attached hydrogens (tertiary/aromatic N) is 1. The van der Waals surface area contributed by atoms with Crippen molar-refractivity contribution in [2.24, 2.45) is 0 Å². The summed E-state index contributed by atoms with van der Waals surface area (Å²) < 4.78 is 0. The molecule has 0 atom stereocenters. The lowest BCUT2D eigenvalue weighted by Gasteiger charge is -2.08. The minimum Gasteiger partial charge on any atom is -0.351 e. The van der Waals surface area contributed by atoms with E-state index in [0.717, 1.165) is 12.8 Å². The standard InChI is InChI=1S/C19H22N4O3/c1-3-4-11-20-18(25)16-9-6-10-17(23-16)19(26)22-15-8-5-7-14(12-15)21-13(2)24/h5-10,12H,3-4,11H2,1-2H3,(H,20,25)(H,21,24)(H,22,26). The zero-order chi connectivity index (χ0) is 18.9. The van der Waals surface area contributed by atoms with Crippen LogP contribution in [-0.2, 0) is 4.79 Å². The van der Waals surface area contributed by atoms with Gasteiger partial charge in [0.25, 0.3) is 11.8 Å². The molecule has 0 saturated heterocycles. The number of benzene rings is 1. The predicted octanol–water partition coefficient (Wildman–Crippen LogP) is 2.82. The van der Waals surface area contributed by atoms with Crippen LogP contribution >= 0.6 is 0 Å². The Morgan fingerprint density at radius 1 is 0.923 bits per heavy atom. The summed E-state index contributed by atoms with van der Waals surface area (Å²) in [6, 6.07) is 11.5. The summed E-state index contributed by atoms with van der Waals surface area (Å²) >= 11 is 0. The fourth-order valence-corrected chi connectivity index (χ4v) is 2.23. The van der Waals surface area contributed by atoms with Gasteiger partial charge in [0.1, 0.15) is 11.4 Å². The van der Waals surface area contributed by atoms with Crippen molar-refractivity contribution in [2.75, 3.05) is 17.2 Å². The van der Waals surface area contributed by atoms with Gasteiger partial charge in [0.05, 0.1) is 0 Å². The Kier molecular flexibility index (Phi) is 6.84. The van der Waals surface area contributed by atoms with Crippen molar-refractivity contribution >= 4 is 29.1 Å². The van der Waals surface area contributed by atoms with Crippen LogP contribution in [0, 0.1) is 0 Å². The number of anilines is 2. The van der Waals surface area contributed by atoms with Crippen LogP contribution in [0.2, 0.25) is 0 Å². The molecule has 0 fully saturated rings. The zero-order valence-corrected chi connectivity index (χ0v) is 14.8. The van der Waals surface area contributed by atoms with Gasteiger partial charge in [-0.05, 0) is 36.8 Å². The second-order valence-electron chi connectivity index (χ2n) is 5.73. The molecule has 2 aromatic rings. The molecule has 1 heterocycles. The van der Waals surface area contributed by atoms with Gasteiger partial charge >= 0.3 is 0 Å². The third-order valence-electron chi connectivity index (χ3n) is 3.47. The first-order valence-electron chi connectivity index (χ1n) is 8.44. The van der Waals surface area contributed by atoms with Crippen LogP contribution in [0.5, 0.6) is 0 Å². The molecule has 0 radical (unpaired) electrons. The molecule has 7 heteroatoms. The molecule has 0 aliphatic heterocycles. The Bertz CT molecular complexity index is 805. The number of unbranched alkanes of at least 4 members (excludes halogenated alkanes) is 1. The summed E-state index contributed by atoms with van der Waals surface area (Å²) in [6.45, 7) is 4.02. The number of nitrogens with one attached hydrogen (secondary N) is 3. The first-order valence-corrected chi connectivity index (χ1v) is 8.44. The number of hydrogen-bond donors (Lipinski definition) is 3. The van der Waals surface area contributed by atoms with Crippen LogP contribution in [-0.4, -0.2) is 29.3 Å². The highest BCUT2D eigenvalue weighted by atomic mass is 16.2. The van der Waals surface area contributed by atoms with E-state index in [4.69, 9.17) is 0 Å². The van der Waals surface area contributed by atoms with Gasteiger partial charge < -0.3 is 16.0 Å². The molecule has 0 aliphatic rings. The molecular weight excluding hydrogens is 332 g/mol. The van der Waals surface area contributed by atoms with E-state index >= 15 is 0 Å². The summed E-state index contributed by atoms with van der Waals surface area (Å²) in [6.07, 6.45) is 1.87. The Labute approximate surface area is 152 Å². The summed E-state index contributed by atoms with van der Waals surface area (Å²) in [4.78, 5) is 39.7. The van der Waals surface area contributed by atoms with Gasteiger partial charge in [-0.3, -0.25) is 14.4 Å². The molecule has 2 rings (SSSR count). The maximum absolute atomic E-state index is 12.4. The Hall–Kier alpha value is -3.22. The number of carbonyl (C=O) groups is 3. The SMILES string of the molecule is CCCCNC(=O)c1cccc(C(=O)Nc2cccc(NC(C)=O)c2)n1. The summed E-state index contributed by atoms with van der Waals surface area (Å²) in [5.41, 5.74) is 1.42. The van der Waals surface area contributed by atoms with Gasteiger partial charge in [0.15, 0.2) is 0 Å². The molecule has 0 saturated carbocycles. The van der Waals surface area contributed by atoms with Gasteiger partial charge in [-0.2, -0.15) is 0 Å². The van der Waals surface area contributed by atoms with Crippen LogP contribution in [0.1, 0.15) is 47.7 Å². The van der Waals surface area contributed by atoms with Crippen molar-refractivity contribution in [1.29, 1.82) is 0 Å². The third-order valence-corrected chi connectivity index (χ3v) is 3.47. The lowest BCUT2D eigenvalue weighted by atomic mass is 10.2. The van der Waals surface area contributed by atoms with Crippen LogP contribution in [0.15, 0.2) is 42.5 Å². The first-order chi connectivity index (χ1) is 12.5. The van der Waals surface area contributed by atoms with E-state index in [1.807, 2.05) is 6.92 Å². The number of pyridine rings is 1. The minimum atomic E-state index is -0.437. The van der Waals surface area contributed by atoms with E-state index in [1.54, 1.807) is 36.4 Å². The lowest BCUT2D eigenvalue weighted by Crippen LogP contribution is -2.26. The quantitative estimate of drug-likeness (QED) is 0.666. The van der Waals surface area contributed by atoms with Crippen molar-refractivity contribution in [3.05, 3.63) is 53.9 Å². The number of aromatic nitrogens is 1. The van der Waals surface area contributed by atoms with E-state index in [0.29, 0.717) is 17.9 Å². The molecular formula is C19H22N4O3. The van der Waals surface area contributed by atoms with Gasteiger partial charge in [-0.1, -0.05) is 25.5 Å². The topological polar surface area (TPSA) is 100 Å². The monoisotopic (exact) mass is 354 g/mol. The normalized spacial score (nSPS) is 10.1. The van der Waals surface area contributed by atoms with Crippen molar-refractivity contribution < 1.29 is 14.4 Å². The van der Waals surface area contributed by atoms with Crippen molar-refractivity contribution in [3.63, 3.8) is 0 Å². The molecule has 1 aromatic carbocycles. The van der Waals surface area contributed by atoms with Crippen LogP contribution < -0.4 is 16.0 Å². The van der Waals surface area contributed by atoms with E-state index in [9.17, 15) is 14.4 Å². The molecule has 0 spiro atoms. The van der Waals surface area contributed by atoms with Gasteiger partial charge in [0.2, 0.25) is 5.91 Å². The molecule has 3 N–H and O–H groups in total. The van der Waals surface area contributed by atoms with Gasteiger partial charge in [0, 0.05) is 24.8 Å². The van der Waals surface area contributed by atoms with Crippen LogP contribution in [0.25, 0.3) is 0 Å². The molecule has 3 amide bonds. The molecule has 1 aromatic heterocycles. The Morgan fingerprint density at radius 3 is 2.19 bits per heavy atom. The van der Waals surface area contributed by atoms with Crippen LogP contribution in [0.3, 0.4) is 0 Å². The molecule has 0 unspecified atom stereocenters. The molecule has 136 valence electrons. The fourth-order valence-electron chi connectivity index (χ4n) is 2.23. The highest BCUT2D eigenvalue weighted by Crippen LogP contribution is 2.16. The van der Waals surface area contributed by atoms with Gasteiger partial charge in [-0.25, -0.2) is 4.98 Å². The Balaban J connectivity index is 2.07. The van der Waals surface area contributed by atoms with E-state index in [2.05, 4.69) is 20.9 Å². The Morgan fingerprint density at radius 2 is 1.54 bits per heavy atom. The fraction of sp³-hybridized carbons (Fsp3) is 0.263. The van der Waals surface area contributed by atoms with E-state index in [1.165, 1.54) is 13.0 Å². The third kappa shape index (κ3) is 5.70. The highest BCUT2D eigenvalue weighted by molar-refractivity contribution is 6.04. The number of amides is 3. The first kappa shape index (κ1) is 19.1. The molecule has 7 nitrogen and oxygen atoms in total. The number of carbonyl (C=O) groups excluding carboxylic acids is 3. The summed E-state index contributed by atoms with van der Waals surface area (Å²) in [5.74, 6) is -0.939. The van der Waals surface area contributed by atoms with Crippen molar-refractivity contribution in [2.45, 2.75) is 26.7 Å². The largest absolute Gasteiger partial charge is 0.351 e. The maximum atomic E-state index is 12.4. The highest BCUT2D eigenvalue weighted by Gasteiger charge is 2.12. The second-order valence-corrected chi connectivity index (χ2v) is 5.73. The van der Waals surface area contributed by atoms with E-state index < -0.39 is 5.91 Å². The summed E-state index contributed by atoms with van der Waals surface area (Å²) in [5, 5.41) is 8.12.